The Morgan fingerprint density at radius 1 is 1.31 bits per heavy atom. The Balaban J connectivity index is 1.84. The topological polar surface area (TPSA) is 102 Å². The number of carboxylic acid groups (broad SMARTS) is 1. The molecule has 0 radical (unpaired) electrons. The molecule has 0 bridgehead atoms. The lowest BCUT2D eigenvalue weighted by Gasteiger charge is -2.19. The van der Waals surface area contributed by atoms with Crippen molar-refractivity contribution in [2.24, 2.45) is 7.05 Å². The summed E-state index contributed by atoms with van der Waals surface area (Å²) in [6.07, 6.45) is 4.90. The zero-order valence-electron chi connectivity index (χ0n) is 16.4. The maximum Gasteiger partial charge on any atom is 0.411 e. The van der Waals surface area contributed by atoms with E-state index in [1.165, 1.54) is 11.0 Å². The van der Waals surface area contributed by atoms with Gasteiger partial charge < -0.3 is 9.84 Å². The predicted molar refractivity (Wildman–Crippen MR) is 108 cm³/mol. The van der Waals surface area contributed by atoms with Crippen molar-refractivity contribution in [1.29, 1.82) is 0 Å². The van der Waals surface area contributed by atoms with Crippen LogP contribution in [0.3, 0.4) is 0 Å². The second-order valence-electron chi connectivity index (χ2n) is 6.57. The fraction of sp³-hybridized carbons (Fsp3) is 0.300. The highest BCUT2D eigenvalue weighted by Crippen LogP contribution is 2.18. The van der Waals surface area contributed by atoms with E-state index < -0.39 is 6.09 Å². The van der Waals surface area contributed by atoms with Gasteiger partial charge in [-0.15, -0.1) is 0 Å². The molecule has 2 aromatic heterocycles. The Morgan fingerprint density at radius 2 is 2.14 bits per heavy atom. The first-order valence-electron chi connectivity index (χ1n) is 9.14. The van der Waals surface area contributed by atoms with Gasteiger partial charge in [-0.1, -0.05) is 12.1 Å². The van der Waals surface area contributed by atoms with Crippen molar-refractivity contribution < 1.29 is 14.6 Å². The van der Waals surface area contributed by atoms with Crippen LogP contribution in [0.4, 0.5) is 10.5 Å². The quantitative estimate of drug-likeness (QED) is 0.584. The number of rotatable bonds is 8. The summed E-state index contributed by atoms with van der Waals surface area (Å²) in [7, 11) is 3.39. The summed E-state index contributed by atoms with van der Waals surface area (Å²) >= 11 is 0. The maximum atomic E-state index is 12.3. The SMILES string of the molecule is COCCCN(C(=O)O)c1cccc(Cc2nn(-c3cnn(C)c3)ccc2=O)c1. The van der Waals surface area contributed by atoms with Crippen molar-refractivity contribution in [2.45, 2.75) is 12.8 Å². The first kappa shape index (κ1) is 20.3. The third kappa shape index (κ3) is 5.08. The third-order valence-corrected chi connectivity index (χ3v) is 4.39. The summed E-state index contributed by atoms with van der Waals surface area (Å²) in [5.74, 6) is 0. The van der Waals surface area contributed by atoms with E-state index in [0.717, 1.165) is 11.3 Å². The van der Waals surface area contributed by atoms with Gasteiger partial charge in [-0.25, -0.2) is 9.48 Å². The van der Waals surface area contributed by atoms with Gasteiger partial charge in [0.1, 0.15) is 11.4 Å². The van der Waals surface area contributed by atoms with Gasteiger partial charge in [0.2, 0.25) is 5.43 Å². The number of anilines is 1. The molecule has 9 nitrogen and oxygen atoms in total. The average Bonchev–Trinajstić information content (AvgIpc) is 3.13. The molecule has 0 aliphatic rings. The number of hydrogen-bond acceptors (Lipinski definition) is 5. The second-order valence-corrected chi connectivity index (χ2v) is 6.57. The lowest BCUT2D eigenvalue weighted by atomic mass is 10.1. The van der Waals surface area contributed by atoms with Crippen LogP contribution in [0.15, 0.2) is 53.7 Å². The Hall–Kier alpha value is -3.46. The smallest absolute Gasteiger partial charge is 0.411 e. The number of carbonyl (C=O) groups is 1. The minimum absolute atomic E-state index is 0.175. The lowest BCUT2D eigenvalue weighted by Crippen LogP contribution is -2.30. The molecule has 0 fully saturated rings. The number of amides is 1. The van der Waals surface area contributed by atoms with Crippen LogP contribution < -0.4 is 10.3 Å². The van der Waals surface area contributed by atoms with E-state index in [0.29, 0.717) is 37.4 Å². The molecule has 1 amide bonds. The van der Waals surface area contributed by atoms with E-state index in [2.05, 4.69) is 10.2 Å². The van der Waals surface area contributed by atoms with Crippen molar-refractivity contribution in [3.8, 4) is 5.69 Å². The predicted octanol–water partition coefficient (Wildman–Crippen LogP) is 2.08. The Morgan fingerprint density at radius 3 is 2.83 bits per heavy atom. The number of aryl methyl sites for hydroxylation is 1. The Kier molecular flexibility index (Phi) is 6.40. The largest absolute Gasteiger partial charge is 0.465 e. The maximum absolute atomic E-state index is 12.3. The molecular formula is C20H23N5O4. The van der Waals surface area contributed by atoms with Gasteiger partial charge in [-0.05, 0) is 24.1 Å². The first-order chi connectivity index (χ1) is 14.0. The molecule has 0 aliphatic heterocycles. The normalized spacial score (nSPS) is 10.8. The molecule has 0 unspecified atom stereocenters. The van der Waals surface area contributed by atoms with Crippen LogP contribution in [0.5, 0.6) is 0 Å². The van der Waals surface area contributed by atoms with Crippen LogP contribution in [0.1, 0.15) is 17.7 Å². The first-order valence-corrected chi connectivity index (χ1v) is 9.14. The van der Waals surface area contributed by atoms with Gasteiger partial charge in [-0.3, -0.25) is 14.4 Å². The molecule has 3 rings (SSSR count). The molecule has 1 N–H and O–H groups in total. The minimum atomic E-state index is -1.03. The monoisotopic (exact) mass is 397 g/mol. The van der Waals surface area contributed by atoms with Crippen LogP contribution in [-0.4, -0.2) is 51.0 Å². The van der Waals surface area contributed by atoms with Crippen molar-refractivity contribution in [3.05, 3.63) is 70.4 Å². The van der Waals surface area contributed by atoms with E-state index in [9.17, 15) is 14.7 Å². The fourth-order valence-electron chi connectivity index (χ4n) is 2.97. The molecule has 29 heavy (non-hydrogen) atoms. The van der Waals surface area contributed by atoms with Crippen LogP contribution in [-0.2, 0) is 18.2 Å². The average molecular weight is 397 g/mol. The van der Waals surface area contributed by atoms with Gasteiger partial charge >= 0.3 is 6.09 Å². The number of nitrogens with zero attached hydrogens (tertiary/aromatic N) is 5. The molecule has 9 heteroatoms. The number of hydrogen-bond donors (Lipinski definition) is 1. The summed E-state index contributed by atoms with van der Waals surface area (Å²) < 4.78 is 8.26. The van der Waals surface area contributed by atoms with Gasteiger partial charge in [0.15, 0.2) is 0 Å². The van der Waals surface area contributed by atoms with Gasteiger partial charge in [-0.2, -0.15) is 10.2 Å². The molecule has 0 aliphatic carbocycles. The minimum Gasteiger partial charge on any atom is -0.465 e. The number of methoxy groups -OCH3 is 1. The molecule has 0 atom stereocenters. The van der Waals surface area contributed by atoms with Gasteiger partial charge in [0.25, 0.3) is 0 Å². The number of aromatic nitrogens is 4. The molecule has 0 saturated carbocycles. The molecule has 3 aromatic rings. The third-order valence-electron chi connectivity index (χ3n) is 4.39. The van der Waals surface area contributed by atoms with Gasteiger partial charge in [0, 0.05) is 51.7 Å². The van der Waals surface area contributed by atoms with Crippen molar-refractivity contribution in [2.75, 3.05) is 25.2 Å². The van der Waals surface area contributed by atoms with Crippen LogP contribution in [0.25, 0.3) is 5.69 Å². The molecule has 0 spiro atoms. The van der Waals surface area contributed by atoms with E-state index >= 15 is 0 Å². The van der Waals surface area contributed by atoms with Crippen LogP contribution in [0.2, 0.25) is 0 Å². The highest BCUT2D eigenvalue weighted by molar-refractivity contribution is 5.86. The Labute approximate surface area is 167 Å². The number of ether oxygens (including phenoxy) is 1. The Bertz CT molecular complexity index is 1040. The summed E-state index contributed by atoms with van der Waals surface area (Å²) in [5, 5.41) is 18.1. The molecule has 2 heterocycles. The van der Waals surface area contributed by atoms with E-state index in [1.807, 2.05) is 6.07 Å². The van der Waals surface area contributed by atoms with E-state index in [4.69, 9.17) is 4.74 Å². The highest BCUT2D eigenvalue weighted by atomic mass is 16.5. The summed E-state index contributed by atoms with van der Waals surface area (Å²) in [6.45, 7) is 0.801. The van der Waals surface area contributed by atoms with Gasteiger partial charge in [0.05, 0.1) is 12.4 Å². The molecule has 0 saturated heterocycles. The molecular weight excluding hydrogens is 374 g/mol. The zero-order chi connectivity index (χ0) is 20.8. The van der Waals surface area contributed by atoms with Crippen molar-refractivity contribution in [1.82, 2.24) is 19.6 Å². The molecule has 152 valence electrons. The van der Waals surface area contributed by atoms with Crippen LogP contribution in [0, 0.1) is 0 Å². The van der Waals surface area contributed by atoms with Crippen molar-refractivity contribution >= 4 is 11.8 Å². The summed E-state index contributed by atoms with van der Waals surface area (Å²) in [5.41, 5.74) is 2.29. The standard InChI is InChI=1S/C20H23N5O4/c1-23-14-17(13-21-23)25-9-7-19(26)18(22-25)12-15-5-3-6-16(11-15)24(20(27)28)8-4-10-29-2/h3,5-7,9,11,13-14H,4,8,10,12H2,1-2H3,(H,27,28). The fourth-order valence-corrected chi connectivity index (χ4v) is 2.97. The van der Waals surface area contributed by atoms with E-state index in [1.54, 1.807) is 60.3 Å². The lowest BCUT2D eigenvalue weighted by molar-refractivity contribution is 0.189. The number of benzene rings is 1. The highest BCUT2D eigenvalue weighted by Gasteiger charge is 2.15. The summed E-state index contributed by atoms with van der Waals surface area (Å²) in [4.78, 5) is 25.2. The zero-order valence-corrected chi connectivity index (χ0v) is 16.4. The second kappa shape index (κ2) is 9.16. The summed E-state index contributed by atoms with van der Waals surface area (Å²) in [6, 6.07) is 8.59. The van der Waals surface area contributed by atoms with Crippen LogP contribution >= 0.6 is 0 Å². The van der Waals surface area contributed by atoms with Crippen molar-refractivity contribution in [3.63, 3.8) is 0 Å². The van der Waals surface area contributed by atoms with E-state index in [-0.39, 0.29) is 5.43 Å². The molecule has 1 aromatic carbocycles.